The molecule has 0 atom stereocenters. The van der Waals surface area contributed by atoms with E-state index in [0.29, 0.717) is 39.0 Å². The second-order valence-corrected chi connectivity index (χ2v) is 4.40. The van der Waals surface area contributed by atoms with Crippen LogP contribution < -0.4 is 11.1 Å². The van der Waals surface area contributed by atoms with Crippen LogP contribution in [-0.2, 0) is 9.53 Å². The topological polar surface area (TPSA) is 84.6 Å². The van der Waals surface area contributed by atoms with Crippen LogP contribution in [0, 0.1) is 0 Å². The summed E-state index contributed by atoms with van der Waals surface area (Å²) in [7, 11) is 0. The minimum atomic E-state index is -0.188. The van der Waals surface area contributed by atoms with Crippen molar-refractivity contribution < 1.29 is 14.6 Å². The summed E-state index contributed by atoms with van der Waals surface area (Å²) in [5, 5.41) is 11.8. The maximum atomic E-state index is 11.3. The van der Waals surface area contributed by atoms with Crippen molar-refractivity contribution in [3.8, 4) is 0 Å². The third kappa shape index (κ3) is 8.64. The molecule has 0 aromatic carbocycles. The lowest BCUT2D eigenvalue weighted by molar-refractivity contribution is -0.144. The third-order valence-corrected chi connectivity index (χ3v) is 2.28. The van der Waals surface area contributed by atoms with E-state index in [9.17, 15) is 4.79 Å². The average Bonchev–Trinajstić information content (AvgIpc) is 2.24. The second-order valence-electron chi connectivity index (χ2n) is 4.40. The molecule has 0 heterocycles. The number of nitrogens with one attached hydrogen (secondary N) is 1. The Kier molecular flexibility index (Phi) is 8.15. The Morgan fingerprint density at radius 2 is 2.19 bits per heavy atom. The lowest BCUT2D eigenvalue weighted by Gasteiger charge is -2.25. The van der Waals surface area contributed by atoms with Crippen LogP contribution in [0.2, 0.25) is 0 Å². The van der Waals surface area contributed by atoms with Gasteiger partial charge in [0.25, 0.3) is 0 Å². The molecular formula is C11H24N2O3. The molecule has 0 fully saturated rings. The molecule has 0 radical (unpaired) electrons. The number of nitrogens with two attached hydrogens (primary N) is 1. The number of ether oxygens (including phenoxy) is 1. The number of carbonyl (C=O) groups excluding carboxylic acids is 1. The number of hydrogen-bond acceptors (Lipinski definition) is 5. The van der Waals surface area contributed by atoms with Gasteiger partial charge in [0.2, 0.25) is 0 Å². The highest BCUT2D eigenvalue weighted by Gasteiger charge is 2.18. The first-order valence-corrected chi connectivity index (χ1v) is 5.73. The molecule has 96 valence electrons. The van der Waals surface area contributed by atoms with Crippen LogP contribution in [0.4, 0.5) is 0 Å². The van der Waals surface area contributed by atoms with Crippen molar-refractivity contribution in [2.24, 2.45) is 5.73 Å². The van der Waals surface area contributed by atoms with Gasteiger partial charge in [-0.3, -0.25) is 4.79 Å². The summed E-state index contributed by atoms with van der Waals surface area (Å²) in [5.74, 6) is -0.188. The molecule has 0 aliphatic carbocycles. The van der Waals surface area contributed by atoms with Crippen LogP contribution in [-0.4, -0.2) is 42.9 Å². The fraction of sp³-hybridized carbons (Fsp3) is 0.909. The molecule has 0 spiro atoms. The van der Waals surface area contributed by atoms with Crippen molar-refractivity contribution in [2.75, 3.05) is 26.3 Å². The Morgan fingerprint density at radius 1 is 1.50 bits per heavy atom. The Hall–Kier alpha value is -0.650. The molecule has 0 unspecified atom stereocenters. The molecule has 0 amide bonds. The predicted octanol–water partition coefficient (Wildman–Crippen LogP) is 0.0191. The van der Waals surface area contributed by atoms with Gasteiger partial charge in [-0.1, -0.05) is 0 Å². The van der Waals surface area contributed by atoms with Crippen molar-refractivity contribution in [3.63, 3.8) is 0 Å². The predicted molar refractivity (Wildman–Crippen MR) is 63.0 cm³/mol. The van der Waals surface area contributed by atoms with E-state index in [1.165, 1.54) is 0 Å². The fourth-order valence-corrected chi connectivity index (χ4v) is 1.24. The standard InChI is InChI=1S/C11H24N2O3/c1-11(2,13-7-8-14)5-4-10(15)16-9-3-6-12/h13-14H,3-9,12H2,1-2H3. The minimum Gasteiger partial charge on any atom is -0.466 e. The Bertz CT molecular complexity index is 196. The van der Waals surface area contributed by atoms with Gasteiger partial charge >= 0.3 is 5.97 Å². The molecule has 0 aliphatic heterocycles. The van der Waals surface area contributed by atoms with Gasteiger partial charge in [-0.15, -0.1) is 0 Å². The van der Waals surface area contributed by atoms with Gasteiger partial charge in [-0.05, 0) is 33.2 Å². The highest BCUT2D eigenvalue weighted by atomic mass is 16.5. The van der Waals surface area contributed by atoms with Gasteiger partial charge in [0.15, 0.2) is 0 Å². The highest BCUT2D eigenvalue weighted by Crippen LogP contribution is 2.11. The SMILES string of the molecule is CC(C)(CCC(=O)OCCCN)NCCO. The number of esters is 1. The van der Waals surface area contributed by atoms with Gasteiger partial charge in [0.05, 0.1) is 13.2 Å². The molecule has 0 aromatic heterocycles. The maximum absolute atomic E-state index is 11.3. The Balaban J connectivity index is 3.64. The zero-order valence-electron chi connectivity index (χ0n) is 10.3. The molecule has 0 bridgehead atoms. The summed E-state index contributed by atoms with van der Waals surface area (Å²) >= 11 is 0. The molecular weight excluding hydrogens is 208 g/mol. The Labute approximate surface area is 97.3 Å². The molecule has 0 aromatic rings. The van der Waals surface area contributed by atoms with Crippen molar-refractivity contribution in [1.82, 2.24) is 5.32 Å². The second kappa shape index (κ2) is 8.50. The molecule has 5 nitrogen and oxygen atoms in total. The van der Waals surface area contributed by atoms with E-state index in [1.807, 2.05) is 13.8 Å². The van der Waals surface area contributed by atoms with Crippen molar-refractivity contribution in [1.29, 1.82) is 0 Å². The summed E-state index contributed by atoms with van der Waals surface area (Å²) in [6.07, 6.45) is 1.78. The van der Waals surface area contributed by atoms with Crippen LogP contribution >= 0.6 is 0 Å². The quantitative estimate of drug-likeness (QED) is 0.385. The number of rotatable bonds is 9. The summed E-state index contributed by atoms with van der Waals surface area (Å²) in [6, 6.07) is 0. The van der Waals surface area contributed by atoms with Gasteiger partial charge in [-0.2, -0.15) is 0 Å². The van der Waals surface area contributed by atoms with E-state index in [1.54, 1.807) is 0 Å². The normalized spacial score (nSPS) is 11.5. The average molecular weight is 232 g/mol. The highest BCUT2D eigenvalue weighted by molar-refractivity contribution is 5.69. The van der Waals surface area contributed by atoms with Crippen LogP contribution in [0.1, 0.15) is 33.1 Å². The molecule has 4 N–H and O–H groups in total. The van der Waals surface area contributed by atoms with E-state index in [4.69, 9.17) is 15.6 Å². The molecule has 0 aliphatic rings. The van der Waals surface area contributed by atoms with E-state index in [2.05, 4.69) is 5.32 Å². The van der Waals surface area contributed by atoms with E-state index >= 15 is 0 Å². The fourth-order valence-electron chi connectivity index (χ4n) is 1.24. The van der Waals surface area contributed by atoms with Gasteiger partial charge in [0, 0.05) is 18.5 Å². The van der Waals surface area contributed by atoms with Gasteiger partial charge in [-0.25, -0.2) is 0 Å². The van der Waals surface area contributed by atoms with Crippen molar-refractivity contribution in [2.45, 2.75) is 38.6 Å². The lowest BCUT2D eigenvalue weighted by atomic mass is 9.98. The number of carbonyl (C=O) groups is 1. The van der Waals surface area contributed by atoms with Crippen LogP contribution in [0.25, 0.3) is 0 Å². The van der Waals surface area contributed by atoms with Crippen molar-refractivity contribution >= 4 is 5.97 Å². The molecule has 0 saturated carbocycles. The van der Waals surface area contributed by atoms with E-state index in [-0.39, 0.29) is 18.1 Å². The van der Waals surface area contributed by atoms with Crippen LogP contribution in [0.5, 0.6) is 0 Å². The number of β-amino-alcohol motifs (C(OH)–C–C–N with tert-alkyl or cyclic N) is 1. The lowest BCUT2D eigenvalue weighted by Crippen LogP contribution is -2.41. The molecule has 5 heteroatoms. The molecule has 0 saturated heterocycles. The van der Waals surface area contributed by atoms with Gasteiger partial charge in [0.1, 0.15) is 0 Å². The van der Waals surface area contributed by atoms with E-state index in [0.717, 1.165) is 0 Å². The van der Waals surface area contributed by atoms with Crippen molar-refractivity contribution in [3.05, 3.63) is 0 Å². The number of aliphatic hydroxyl groups excluding tert-OH is 1. The largest absolute Gasteiger partial charge is 0.466 e. The summed E-state index contributed by atoms with van der Waals surface area (Å²) in [5.41, 5.74) is 5.13. The zero-order valence-corrected chi connectivity index (χ0v) is 10.3. The van der Waals surface area contributed by atoms with Crippen LogP contribution in [0.3, 0.4) is 0 Å². The van der Waals surface area contributed by atoms with E-state index < -0.39 is 0 Å². The summed E-state index contributed by atoms with van der Waals surface area (Å²) in [6.45, 7) is 5.57. The first-order chi connectivity index (χ1) is 7.52. The number of hydrogen-bond donors (Lipinski definition) is 3. The zero-order chi connectivity index (χ0) is 12.4. The minimum absolute atomic E-state index is 0.102. The van der Waals surface area contributed by atoms with Gasteiger partial charge < -0.3 is 20.9 Å². The third-order valence-electron chi connectivity index (χ3n) is 2.28. The molecule has 16 heavy (non-hydrogen) atoms. The molecule has 0 rings (SSSR count). The smallest absolute Gasteiger partial charge is 0.305 e. The Morgan fingerprint density at radius 3 is 2.75 bits per heavy atom. The summed E-state index contributed by atoms with van der Waals surface area (Å²) < 4.78 is 4.99. The first kappa shape index (κ1) is 15.3. The number of aliphatic hydroxyl groups is 1. The maximum Gasteiger partial charge on any atom is 0.305 e. The monoisotopic (exact) mass is 232 g/mol. The first-order valence-electron chi connectivity index (χ1n) is 5.73. The van der Waals surface area contributed by atoms with Crippen LogP contribution in [0.15, 0.2) is 0 Å². The summed E-state index contributed by atoms with van der Waals surface area (Å²) in [4.78, 5) is 11.3.